The van der Waals surface area contributed by atoms with Gasteiger partial charge in [0.1, 0.15) is 5.75 Å². The Morgan fingerprint density at radius 3 is 2.52 bits per heavy atom. The van der Waals surface area contributed by atoms with E-state index in [0.29, 0.717) is 12.1 Å². The summed E-state index contributed by atoms with van der Waals surface area (Å²) in [5.74, 6) is 0.178. The zero-order chi connectivity index (χ0) is 21.0. The molecular formula is C20H16F3N3O3. The number of phenols is 1. The van der Waals surface area contributed by atoms with E-state index in [1.54, 1.807) is 24.4 Å². The minimum Gasteiger partial charge on any atom is -0.508 e. The summed E-state index contributed by atoms with van der Waals surface area (Å²) in [5, 5.41) is 12.5. The van der Waals surface area contributed by atoms with Gasteiger partial charge in [-0.3, -0.25) is 14.6 Å². The summed E-state index contributed by atoms with van der Waals surface area (Å²) < 4.78 is 31.2. The zero-order valence-electron chi connectivity index (χ0n) is 15.0. The van der Waals surface area contributed by atoms with E-state index in [1.165, 1.54) is 0 Å². The van der Waals surface area contributed by atoms with Gasteiger partial charge in [0.05, 0.1) is 11.3 Å². The molecule has 0 spiro atoms. The van der Waals surface area contributed by atoms with Crippen molar-refractivity contribution in [2.24, 2.45) is 0 Å². The van der Waals surface area contributed by atoms with Crippen molar-refractivity contribution in [2.45, 2.75) is 12.6 Å². The summed E-state index contributed by atoms with van der Waals surface area (Å²) in [6.45, 7) is 0.663. The molecule has 0 bridgehead atoms. The first-order valence-electron chi connectivity index (χ1n) is 8.56. The Labute approximate surface area is 163 Å². The van der Waals surface area contributed by atoms with Crippen LogP contribution in [0.1, 0.15) is 16.1 Å². The Balaban J connectivity index is 0.000000353. The fourth-order valence-corrected chi connectivity index (χ4v) is 2.87. The fraction of sp³-hybridized carbons (Fsp3) is 0.150. The maximum absolute atomic E-state index is 11.9. The number of phenolic OH excluding ortho intramolecular Hbond substituents is 1. The molecule has 0 saturated heterocycles. The third-order valence-electron chi connectivity index (χ3n) is 4.15. The molecule has 150 valence electrons. The van der Waals surface area contributed by atoms with Crippen LogP contribution < -0.4 is 5.32 Å². The molecule has 0 unspecified atom stereocenters. The van der Waals surface area contributed by atoms with Crippen molar-refractivity contribution in [1.82, 2.24) is 15.3 Å². The van der Waals surface area contributed by atoms with Crippen LogP contribution in [-0.2, 0) is 11.2 Å². The molecule has 9 heteroatoms. The quantitative estimate of drug-likeness (QED) is 0.571. The van der Waals surface area contributed by atoms with E-state index < -0.39 is 12.5 Å². The minimum atomic E-state index is -4.64. The molecule has 0 aliphatic carbocycles. The second-order valence-electron chi connectivity index (χ2n) is 6.22. The van der Waals surface area contributed by atoms with Crippen molar-refractivity contribution in [3.05, 3.63) is 59.9 Å². The standard InChI is InChI=1S/C18H15N3O2.C2HF3O/c22-13-3-1-2-11(8-13)16-9-12(4-6-19-16)17-10-14-15(21-17)5-7-20-18(14)23;3-2(4,5)1-6/h1-4,6,8-10,21-22H,5,7H2,(H,20,23);1H. The molecule has 29 heavy (non-hydrogen) atoms. The number of fused-ring (bicyclic) bond motifs is 1. The van der Waals surface area contributed by atoms with Gasteiger partial charge in [-0.05, 0) is 30.3 Å². The highest BCUT2D eigenvalue weighted by atomic mass is 19.4. The van der Waals surface area contributed by atoms with Crippen LogP contribution in [0, 0.1) is 0 Å². The van der Waals surface area contributed by atoms with Crippen molar-refractivity contribution >= 4 is 12.2 Å². The number of aldehydes is 1. The SMILES string of the molecule is O=C1NCCc2[nH]c(-c3ccnc(-c4cccc(O)c4)c3)cc21.O=CC(F)(F)F. The van der Waals surface area contributed by atoms with Crippen LogP contribution in [0.25, 0.3) is 22.5 Å². The minimum absolute atomic E-state index is 0.0315. The summed E-state index contributed by atoms with van der Waals surface area (Å²) in [5.41, 5.74) is 5.16. The third-order valence-corrected chi connectivity index (χ3v) is 4.15. The van der Waals surface area contributed by atoms with Gasteiger partial charge in [-0.2, -0.15) is 13.2 Å². The van der Waals surface area contributed by atoms with Crippen molar-refractivity contribution in [2.75, 3.05) is 6.54 Å². The second kappa shape index (κ2) is 8.17. The largest absolute Gasteiger partial charge is 0.508 e. The van der Waals surface area contributed by atoms with Gasteiger partial charge in [0.2, 0.25) is 6.29 Å². The highest BCUT2D eigenvalue weighted by Crippen LogP contribution is 2.28. The number of aromatic hydroxyl groups is 1. The maximum Gasteiger partial charge on any atom is 0.446 e. The van der Waals surface area contributed by atoms with Gasteiger partial charge in [0.15, 0.2) is 0 Å². The molecule has 3 heterocycles. The Morgan fingerprint density at radius 2 is 1.86 bits per heavy atom. The number of aromatic amines is 1. The molecule has 1 aromatic carbocycles. The third kappa shape index (κ3) is 5.01. The number of carbonyl (C=O) groups excluding carboxylic acids is 2. The van der Waals surface area contributed by atoms with E-state index in [-0.39, 0.29) is 11.7 Å². The van der Waals surface area contributed by atoms with Crippen molar-refractivity contribution < 1.29 is 27.9 Å². The number of rotatable bonds is 2. The number of carbonyl (C=O) groups is 2. The van der Waals surface area contributed by atoms with Crippen LogP contribution in [0.2, 0.25) is 0 Å². The van der Waals surface area contributed by atoms with Crippen LogP contribution in [0.4, 0.5) is 13.2 Å². The lowest BCUT2D eigenvalue weighted by Crippen LogP contribution is -2.31. The summed E-state index contributed by atoms with van der Waals surface area (Å²) in [7, 11) is 0. The van der Waals surface area contributed by atoms with E-state index in [2.05, 4.69) is 15.3 Å². The topological polar surface area (TPSA) is 95.1 Å². The van der Waals surface area contributed by atoms with Crippen molar-refractivity contribution in [1.29, 1.82) is 0 Å². The van der Waals surface area contributed by atoms with Gasteiger partial charge >= 0.3 is 6.18 Å². The number of H-pyrrole nitrogens is 1. The number of halogens is 3. The average Bonchev–Trinajstić information content (AvgIpc) is 3.14. The highest BCUT2D eigenvalue weighted by Gasteiger charge is 2.25. The van der Waals surface area contributed by atoms with Gasteiger partial charge in [0, 0.05) is 41.7 Å². The number of pyridine rings is 1. The number of hydrogen-bond acceptors (Lipinski definition) is 4. The number of nitrogens with zero attached hydrogens (tertiary/aromatic N) is 1. The van der Waals surface area contributed by atoms with Gasteiger partial charge < -0.3 is 15.4 Å². The molecule has 6 nitrogen and oxygen atoms in total. The van der Waals surface area contributed by atoms with Gasteiger partial charge in [-0.25, -0.2) is 0 Å². The molecule has 1 aliphatic heterocycles. The highest BCUT2D eigenvalue weighted by molar-refractivity contribution is 5.97. The Kier molecular flexibility index (Phi) is 5.67. The fourth-order valence-electron chi connectivity index (χ4n) is 2.87. The lowest BCUT2D eigenvalue weighted by Gasteiger charge is -2.10. The van der Waals surface area contributed by atoms with Crippen LogP contribution >= 0.6 is 0 Å². The van der Waals surface area contributed by atoms with Gasteiger partial charge in [-0.1, -0.05) is 12.1 Å². The smallest absolute Gasteiger partial charge is 0.446 e. The van der Waals surface area contributed by atoms with Crippen molar-refractivity contribution in [3.8, 4) is 28.3 Å². The summed E-state index contributed by atoms with van der Waals surface area (Å²) >= 11 is 0. The van der Waals surface area contributed by atoms with E-state index in [9.17, 15) is 23.1 Å². The molecule has 1 aliphatic rings. The second-order valence-corrected chi connectivity index (χ2v) is 6.22. The molecule has 3 N–H and O–H groups in total. The van der Waals surface area contributed by atoms with Crippen LogP contribution in [0.5, 0.6) is 5.75 Å². The Bertz CT molecular complexity index is 1040. The normalized spacial score (nSPS) is 13.0. The molecule has 0 radical (unpaired) electrons. The predicted molar refractivity (Wildman–Crippen MR) is 99.3 cm³/mol. The number of alkyl halides is 3. The Morgan fingerprint density at radius 1 is 1.10 bits per heavy atom. The predicted octanol–water partition coefficient (Wildman–Crippen LogP) is 3.48. The van der Waals surface area contributed by atoms with E-state index in [4.69, 9.17) is 4.79 Å². The number of amides is 1. The summed E-state index contributed by atoms with van der Waals surface area (Å²) in [4.78, 5) is 28.3. The molecule has 0 saturated carbocycles. The van der Waals surface area contributed by atoms with Crippen LogP contribution in [0.3, 0.4) is 0 Å². The molecule has 0 atom stereocenters. The molecular weight excluding hydrogens is 387 g/mol. The average molecular weight is 403 g/mol. The van der Waals surface area contributed by atoms with E-state index >= 15 is 0 Å². The first-order chi connectivity index (χ1) is 13.8. The molecule has 4 rings (SSSR count). The summed E-state index contributed by atoms with van der Waals surface area (Å²) in [6.07, 6.45) is -3.16. The molecule has 3 aromatic rings. The molecule has 0 fully saturated rings. The van der Waals surface area contributed by atoms with Gasteiger partial charge in [-0.15, -0.1) is 0 Å². The monoisotopic (exact) mass is 403 g/mol. The number of aromatic nitrogens is 2. The molecule has 2 aromatic heterocycles. The number of benzene rings is 1. The van der Waals surface area contributed by atoms with Crippen LogP contribution in [0.15, 0.2) is 48.7 Å². The van der Waals surface area contributed by atoms with Crippen LogP contribution in [-0.4, -0.2) is 40.0 Å². The number of nitrogens with one attached hydrogen (secondary N) is 2. The number of hydrogen-bond donors (Lipinski definition) is 3. The zero-order valence-corrected chi connectivity index (χ0v) is 15.0. The van der Waals surface area contributed by atoms with E-state index in [0.717, 1.165) is 34.6 Å². The first kappa shape index (κ1) is 20.1. The lowest BCUT2D eigenvalue weighted by atomic mass is 10.1. The maximum atomic E-state index is 11.9. The lowest BCUT2D eigenvalue weighted by molar-refractivity contribution is -0.156. The van der Waals surface area contributed by atoms with Crippen molar-refractivity contribution in [3.63, 3.8) is 0 Å². The summed E-state index contributed by atoms with van der Waals surface area (Å²) in [6, 6.07) is 12.7. The first-order valence-corrected chi connectivity index (χ1v) is 8.56. The van der Waals surface area contributed by atoms with Gasteiger partial charge in [0.25, 0.3) is 5.91 Å². The molecule has 1 amide bonds. The Hall–Kier alpha value is -3.62. The van der Waals surface area contributed by atoms with E-state index in [1.807, 2.05) is 24.3 Å².